The number of carboxylic acid groups (broad SMARTS) is 1. The minimum atomic E-state index is -1.00. The fourth-order valence-corrected chi connectivity index (χ4v) is 1.72. The van der Waals surface area contributed by atoms with Crippen LogP contribution in [0, 0.1) is 13.8 Å². The fourth-order valence-electron chi connectivity index (χ4n) is 1.72. The van der Waals surface area contributed by atoms with E-state index in [9.17, 15) is 9.59 Å². The van der Waals surface area contributed by atoms with E-state index in [1.165, 1.54) is 6.08 Å². The van der Waals surface area contributed by atoms with Gasteiger partial charge in [0, 0.05) is 11.8 Å². The summed E-state index contributed by atoms with van der Waals surface area (Å²) in [5.41, 5.74) is 2.27. The average molecular weight is 285 g/mol. The van der Waals surface area contributed by atoms with Crippen LogP contribution in [0.25, 0.3) is 6.08 Å². The predicted octanol–water partition coefficient (Wildman–Crippen LogP) is 3.25. The van der Waals surface area contributed by atoms with E-state index in [1.807, 2.05) is 6.92 Å². The Morgan fingerprint density at radius 2 is 1.86 bits per heavy atom. The van der Waals surface area contributed by atoms with Crippen molar-refractivity contribution in [1.29, 1.82) is 0 Å². The van der Waals surface area contributed by atoms with E-state index in [-0.39, 0.29) is 11.7 Å². The van der Waals surface area contributed by atoms with Gasteiger partial charge in [-0.2, -0.15) is 0 Å². The van der Waals surface area contributed by atoms with Crippen molar-refractivity contribution in [1.82, 2.24) is 0 Å². The quantitative estimate of drug-likeness (QED) is 0.845. The van der Waals surface area contributed by atoms with E-state index in [4.69, 9.17) is 9.52 Å². The molecule has 1 aromatic carbocycles. The maximum Gasteiger partial charge on any atom is 0.328 e. The molecule has 2 aromatic rings. The molecule has 0 radical (unpaired) electrons. The van der Waals surface area contributed by atoms with E-state index in [2.05, 4.69) is 5.32 Å². The summed E-state index contributed by atoms with van der Waals surface area (Å²) in [6.45, 7) is 3.68. The molecule has 0 atom stereocenters. The summed E-state index contributed by atoms with van der Waals surface area (Å²) in [5.74, 6) is -0.342. The van der Waals surface area contributed by atoms with Crippen molar-refractivity contribution in [3.63, 3.8) is 0 Å². The van der Waals surface area contributed by atoms with Crippen molar-refractivity contribution < 1.29 is 19.1 Å². The fraction of sp³-hybridized carbons (Fsp3) is 0.125. The highest BCUT2D eigenvalue weighted by atomic mass is 16.4. The molecule has 0 unspecified atom stereocenters. The SMILES string of the molecule is Cc1cc(C(=O)Nc2ccc(C=CC(=O)O)cc2)oc1C. The Balaban J connectivity index is 2.06. The molecule has 0 aliphatic heterocycles. The summed E-state index contributed by atoms with van der Waals surface area (Å²) in [6.07, 6.45) is 2.54. The second kappa shape index (κ2) is 6.09. The van der Waals surface area contributed by atoms with Gasteiger partial charge in [-0.3, -0.25) is 4.79 Å². The van der Waals surface area contributed by atoms with E-state index < -0.39 is 5.97 Å². The van der Waals surface area contributed by atoms with Gasteiger partial charge >= 0.3 is 5.97 Å². The standard InChI is InChI=1S/C16H15NO4/c1-10-9-14(21-11(10)2)16(20)17-13-6-3-12(4-7-13)5-8-15(18)19/h3-9H,1-2H3,(H,17,20)(H,18,19). The summed E-state index contributed by atoms with van der Waals surface area (Å²) >= 11 is 0. The van der Waals surface area contributed by atoms with Gasteiger partial charge in [0.25, 0.3) is 5.91 Å². The van der Waals surface area contributed by atoms with Crippen LogP contribution >= 0.6 is 0 Å². The zero-order chi connectivity index (χ0) is 15.4. The molecule has 0 aliphatic rings. The Morgan fingerprint density at radius 1 is 1.19 bits per heavy atom. The van der Waals surface area contributed by atoms with Gasteiger partial charge in [0.1, 0.15) is 5.76 Å². The second-order valence-electron chi connectivity index (χ2n) is 4.60. The number of aliphatic carboxylic acids is 1. The monoisotopic (exact) mass is 285 g/mol. The molecule has 0 spiro atoms. The summed E-state index contributed by atoms with van der Waals surface area (Å²) < 4.78 is 5.35. The smallest absolute Gasteiger partial charge is 0.328 e. The van der Waals surface area contributed by atoms with E-state index in [0.29, 0.717) is 11.4 Å². The summed E-state index contributed by atoms with van der Waals surface area (Å²) in [6, 6.07) is 8.51. The highest BCUT2D eigenvalue weighted by molar-refractivity contribution is 6.02. The van der Waals surface area contributed by atoms with Crippen molar-refractivity contribution in [2.75, 3.05) is 5.32 Å². The molecule has 0 fully saturated rings. The molecule has 0 saturated heterocycles. The Labute approximate surface area is 121 Å². The topological polar surface area (TPSA) is 79.5 Å². The second-order valence-corrected chi connectivity index (χ2v) is 4.60. The Kier molecular flexibility index (Phi) is 4.23. The predicted molar refractivity (Wildman–Crippen MR) is 79.2 cm³/mol. The third-order valence-electron chi connectivity index (χ3n) is 2.98. The summed E-state index contributed by atoms with van der Waals surface area (Å²) in [5, 5.41) is 11.3. The van der Waals surface area contributed by atoms with Crippen molar-refractivity contribution in [3.05, 3.63) is 59.1 Å². The molecule has 0 saturated carbocycles. The molecule has 0 bridgehead atoms. The van der Waals surface area contributed by atoms with Gasteiger partial charge in [0.15, 0.2) is 5.76 Å². The van der Waals surface area contributed by atoms with Crippen LogP contribution in [-0.4, -0.2) is 17.0 Å². The zero-order valence-electron chi connectivity index (χ0n) is 11.7. The van der Waals surface area contributed by atoms with Crippen molar-refractivity contribution in [3.8, 4) is 0 Å². The number of hydrogen-bond donors (Lipinski definition) is 2. The van der Waals surface area contributed by atoms with Crippen LogP contribution in [0.3, 0.4) is 0 Å². The number of carboxylic acids is 1. The number of nitrogens with one attached hydrogen (secondary N) is 1. The number of carbonyl (C=O) groups excluding carboxylic acids is 1. The Morgan fingerprint density at radius 3 is 2.38 bits per heavy atom. The maximum absolute atomic E-state index is 12.0. The normalized spacial score (nSPS) is 10.8. The highest BCUT2D eigenvalue weighted by Crippen LogP contribution is 2.16. The van der Waals surface area contributed by atoms with E-state index in [1.54, 1.807) is 37.3 Å². The van der Waals surface area contributed by atoms with Crippen LogP contribution in [0.4, 0.5) is 5.69 Å². The highest BCUT2D eigenvalue weighted by Gasteiger charge is 2.12. The maximum atomic E-state index is 12.0. The first-order valence-corrected chi connectivity index (χ1v) is 6.35. The van der Waals surface area contributed by atoms with Gasteiger partial charge in [-0.25, -0.2) is 4.79 Å². The van der Waals surface area contributed by atoms with Crippen LogP contribution in [0.5, 0.6) is 0 Å². The van der Waals surface area contributed by atoms with Crippen molar-refractivity contribution in [2.45, 2.75) is 13.8 Å². The van der Waals surface area contributed by atoms with E-state index in [0.717, 1.165) is 17.2 Å². The molecule has 108 valence electrons. The minimum absolute atomic E-state index is 0.264. The Hall–Kier alpha value is -2.82. The molecule has 1 heterocycles. The number of aryl methyl sites for hydroxylation is 2. The van der Waals surface area contributed by atoms with Crippen molar-refractivity contribution in [2.24, 2.45) is 0 Å². The first kappa shape index (κ1) is 14.6. The molecule has 1 amide bonds. The first-order chi connectivity index (χ1) is 9.95. The van der Waals surface area contributed by atoms with Gasteiger partial charge in [0.05, 0.1) is 0 Å². The summed E-state index contributed by atoms with van der Waals surface area (Å²) in [4.78, 5) is 22.4. The van der Waals surface area contributed by atoms with Crippen LogP contribution in [-0.2, 0) is 4.79 Å². The van der Waals surface area contributed by atoms with E-state index >= 15 is 0 Å². The molecular weight excluding hydrogens is 270 g/mol. The van der Waals surface area contributed by atoms with Gasteiger partial charge in [-0.1, -0.05) is 12.1 Å². The van der Waals surface area contributed by atoms with Gasteiger partial charge < -0.3 is 14.8 Å². The number of furan rings is 1. The third kappa shape index (κ3) is 3.82. The number of rotatable bonds is 4. The van der Waals surface area contributed by atoms with Crippen LogP contribution in [0.15, 0.2) is 40.8 Å². The zero-order valence-corrected chi connectivity index (χ0v) is 11.7. The van der Waals surface area contributed by atoms with Crippen LogP contribution in [0.1, 0.15) is 27.4 Å². The lowest BCUT2D eigenvalue weighted by molar-refractivity contribution is -0.131. The third-order valence-corrected chi connectivity index (χ3v) is 2.98. The molecule has 21 heavy (non-hydrogen) atoms. The molecule has 1 aromatic heterocycles. The van der Waals surface area contributed by atoms with Gasteiger partial charge in [-0.05, 0) is 49.2 Å². The Bertz CT molecular complexity index is 676. The lowest BCUT2D eigenvalue weighted by Crippen LogP contribution is -2.10. The largest absolute Gasteiger partial charge is 0.478 e. The first-order valence-electron chi connectivity index (χ1n) is 6.35. The summed E-state index contributed by atoms with van der Waals surface area (Å²) in [7, 11) is 0. The molecule has 2 rings (SSSR count). The van der Waals surface area contributed by atoms with Crippen molar-refractivity contribution >= 4 is 23.6 Å². The van der Waals surface area contributed by atoms with Gasteiger partial charge in [0.2, 0.25) is 0 Å². The number of carbonyl (C=O) groups is 2. The number of amides is 1. The number of benzene rings is 1. The number of anilines is 1. The average Bonchev–Trinajstić information content (AvgIpc) is 2.78. The van der Waals surface area contributed by atoms with Gasteiger partial charge in [-0.15, -0.1) is 0 Å². The number of hydrogen-bond acceptors (Lipinski definition) is 3. The lowest BCUT2D eigenvalue weighted by Gasteiger charge is -2.03. The molecule has 5 nitrogen and oxygen atoms in total. The van der Waals surface area contributed by atoms with Crippen LogP contribution in [0.2, 0.25) is 0 Å². The molecular formula is C16H15NO4. The molecule has 0 aliphatic carbocycles. The molecule has 5 heteroatoms. The minimum Gasteiger partial charge on any atom is -0.478 e. The lowest BCUT2D eigenvalue weighted by atomic mass is 10.2. The van der Waals surface area contributed by atoms with Crippen LogP contribution < -0.4 is 5.32 Å². The molecule has 2 N–H and O–H groups in total.